The first-order chi connectivity index (χ1) is 9.15. The fourth-order valence-corrected chi connectivity index (χ4v) is 1.91. The highest BCUT2D eigenvalue weighted by molar-refractivity contribution is 5.94. The number of amides is 1. The Bertz CT molecular complexity index is 612. The van der Waals surface area contributed by atoms with Gasteiger partial charge in [-0.15, -0.1) is 5.10 Å². The number of rotatable bonds is 3. The molecule has 1 aliphatic heterocycles. The van der Waals surface area contributed by atoms with Gasteiger partial charge in [0.05, 0.1) is 24.1 Å². The molecule has 2 aromatic rings. The number of aromatic carboxylic acids is 1. The van der Waals surface area contributed by atoms with E-state index in [1.807, 2.05) is 0 Å². The average Bonchev–Trinajstić information content (AvgIpc) is 2.98. The highest BCUT2D eigenvalue weighted by Gasteiger charge is 2.33. The fraction of sp³-hybridized carbons (Fsp3) is 0.273. The number of furan rings is 1. The summed E-state index contributed by atoms with van der Waals surface area (Å²) in [5, 5.41) is 16.0. The van der Waals surface area contributed by atoms with Gasteiger partial charge in [0, 0.05) is 13.1 Å². The zero-order chi connectivity index (χ0) is 13.4. The topological polar surface area (TPSA) is 101 Å². The predicted octanol–water partition coefficient (Wildman–Crippen LogP) is 0.266. The number of carboxylic acid groups (broad SMARTS) is 1. The molecule has 2 aromatic heterocycles. The molecule has 0 radical (unpaired) electrons. The van der Waals surface area contributed by atoms with Crippen LogP contribution >= 0.6 is 0 Å². The van der Waals surface area contributed by atoms with Crippen LogP contribution in [0.25, 0.3) is 0 Å². The van der Waals surface area contributed by atoms with E-state index < -0.39 is 5.97 Å². The molecular formula is C11H10N4O4. The molecular weight excluding hydrogens is 252 g/mol. The van der Waals surface area contributed by atoms with E-state index in [-0.39, 0.29) is 17.6 Å². The Morgan fingerprint density at radius 1 is 1.42 bits per heavy atom. The summed E-state index contributed by atoms with van der Waals surface area (Å²) in [6.45, 7) is 0.957. The molecule has 0 aromatic carbocycles. The van der Waals surface area contributed by atoms with Crippen LogP contribution in [0.1, 0.15) is 26.9 Å². The molecule has 0 atom stereocenters. The number of hydrogen-bond donors (Lipinski definition) is 1. The Hall–Kier alpha value is -2.64. The van der Waals surface area contributed by atoms with Crippen LogP contribution in [0.5, 0.6) is 0 Å². The predicted molar refractivity (Wildman–Crippen MR) is 60.6 cm³/mol. The quantitative estimate of drug-likeness (QED) is 0.851. The SMILES string of the molecule is O=C(O)c1cn(C2CN(C(=O)c3ccoc3)C2)nn1. The summed E-state index contributed by atoms with van der Waals surface area (Å²) in [6, 6.07) is 1.57. The molecule has 19 heavy (non-hydrogen) atoms. The van der Waals surface area contributed by atoms with Crippen molar-refractivity contribution in [2.75, 3.05) is 13.1 Å². The van der Waals surface area contributed by atoms with Crippen molar-refractivity contribution in [3.63, 3.8) is 0 Å². The number of carbonyl (C=O) groups excluding carboxylic acids is 1. The Balaban J connectivity index is 1.63. The van der Waals surface area contributed by atoms with Gasteiger partial charge in [0.2, 0.25) is 0 Å². The number of likely N-dealkylation sites (tertiary alicyclic amines) is 1. The third-order valence-electron chi connectivity index (χ3n) is 3.02. The van der Waals surface area contributed by atoms with Crippen molar-refractivity contribution >= 4 is 11.9 Å². The van der Waals surface area contributed by atoms with Crippen molar-refractivity contribution in [2.45, 2.75) is 6.04 Å². The third-order valence-corrected chi connectivity index (χ3v) is 3.02. The van der Waals surface area contributed by atoms with Crippen LogP contribution in [0.2, 0.25) is 0 Å². The van der Waals surface area contributed by atoms with Gasteiger partial charge >= 0.3 is 5.97 Å². The molecule has 0 unspecified atom stereocenters. The number of carbonyl (C=O) groups is 2. The molecule has 8 nitrogen and oxygen atoms in total. The lowest BCUT2D eigenvalue weighted by Gasteiger charge is -2.38. The largest absolute Gasteiger partial charge is 0.476 e. The van der Waals surface area contributed by atoms with Crippen molar-refractivity contribution < 1.29 is 19.1 Å². The minimum atomic E-state index is -1.11. The highest BCUT2D eigenvalue weighted by Crippen LogP contribution is 2.22. The average molecular weight is 262 g/mol. The third kappa shape index (κ3) is 1.96. The molecule has 0 bridgehead atoms. The lowest BCUT2D eigenvalue weighted by atomic mass is 10.1. The van der Waals surface area contributed by atoms with Crippen LogP contribution in [0.4, 0.5) is 0 Å². The van der Waals surface area contributed by atoms with E-state index in [0.717, 1.165) is 0 Å². The van der Waals surface area contributed by atoms with Crippen LogP contribution in [0.15, 0.2) is 29.2 Å². The maximum atomic E-state index is 11.9. The molecule has 0 aliphatic carbocycles. The van der Waals surface area contributed by atoms with Gasteiger partial charge in [-0.3, -0.25) is 4.79 Å². The Morgan fingerprint density at radius 2 is 2.21 bits per heavy atom. The van der Waals surface area contributed by atoms with Gasteiger partial charge in [-0.05, 0) is 6.07 Å². The van der Waals surface area contributed by atoms with Gasteiger partial charge in [0.25, 0.3) is 5.91 Å². The molecule has 1 aliphatic rings. The summed E-state index contributed by atoms with van der Waals surface area (Å²) in [7, 11) is 0. The van der Waals surface area contributed by atoms with Crippen molar-refractivity contribution in [3.05, 3.63) is 36.0 Å². The van der Waals surface area contributed by atoms with Crippen molar-refractivity contribution in [3.8, 4) is 0 Å². The van der Waals surface area contributed by atoms with E-state index in [1.165, 1.54) is 23.4 Å². The molecule has 1 amide bonds. The van der Waals surface area contributed by atoms with E-state index in [0.29, 0.717) is 18.7 Å². The monoisotopic (exact) mass is 262 g/mol. The molecule has 1 N–H and O–H groups in total. The Labute approximate surface area is 107 Å². The summed E-state index contributed by atoms with van der Waals surface area (Å²) in [4.78, 5) is 24.2. The Morgan fingerprint density at radius 3 is 2.79 bits per heavy atom. The standard InChI is InChI=1S/C11H10N4O4/c16-10(7-1-2-19-6-7)14-3-8(4-14)15-5-9(11(17)18)12-13-15/h1-2,5-6,8H,3-4H2,(H,17,18). The van der Waals surface area contributed by atoms with E-state index in [2.05, 4.69) is 10.3 Å². The fourth-order valence-electron chi connectivity index (χ4n) is 1.91. The molecule has 3 heterocycles. The molecule has 8 heteroatoms. The van der Waals surface area contributed by atoms with Crippen LogP contribution in [0, 0.1) is 0 Å². The van der Waals surface area contributed by atoms with E-state index in [9.17, 15) is 9.59 Å². The van der Waals surface area contributed by atoms with E-state index >= 15 is 0 Å². The molecule has 3 rings (SSSR count). The van der Waals surface area contributed by atoms with Gasteiger partial charge < -0.3 is 14.4 Å². The van der Waals surface area contributed by atoms with E-state index in [4.69, 9.17) is 9.52 Å². The van der Waals surface area contributed by atoms with Gasteiger partial charge in [-0.2, -0.15) is 0 Å². The molecule has 98 valence electrons. The minimum absolute atomic E-state index is 0.0311. The maximum Gasteiger partial charge on any atom is 0.358 e. The number of aromatic nitrogens is 3. The zero-order valence-corrected chi connectivity index (χ0v) is 9.76. The highest BCUT2D eigenvalue weighted by atomic mass is 16.4. The number of nitrogens with zero attached hydrogens (tertiary/aromatic N) is 4. The van der Waals surface area contributed by atoms with Gasteiger partial charge in [0.1, 0.15) is 6.26 Å². The molecule has 0 spiro atoms. The van der Waals surface area contributed by atoms with Crippen molar-refractivity contribution in [1.82, 2.24) is 19.9 Å². The molecule has 0 saturated carbocycles. The Kier molecular flexibility index (Phi) is 2.55. The maximum absolute atomic E-state index is 11.9. The first-order valence-corrected chi connectivity index (χ1v) is 5.62. The second-order valence-electron chi connectivity index (χ2n) is 4.26. The lowest BCUT2D eigenvalue weighted by Crippen LogP contribution is -2.50. The van der Waals surface area contributed by atoms with Gasteiger partial charge in [-0.1, -0.05) is 5.21 Å². The first-order valence-electron chi connectivity index (χ1n) is 5.62. The second kappa shape index (κ2) is 4.23. The summed E-state index contributed by atoms with van der Waals surface area (Å²) in [5.41, 5.74) is 0.405. The van der Waals surface area contributed by atoms with E-state index in [1.54, 1.807) is 11.0 Å². The molecule has 1 fully saturated rings. The summed E-state index contributed by atoms with van der Waals surface area (Å²) >= 11 is 0. The summed E-state index contributed by atoms with van der Waals surface area (Å²) in [5.74, 6) is -1.22. The van der Waals surface area contributed by atoms with Crippen molar-refractivity contribution in [1.29, 1.82) is 0 Å². The number of hydrogen-bond acceptors (Lipinski definition) is 5. The zero-order valence-electron chi connectivity index (χ0n) is 9.76. The van der Waals surface area contributed by atoms with Gasteiger partial charge in [0.15, 0.2) is 5.69 Å². The molecule has 1 saturated heterocycles. The van der Waals surface area contributed by atoms with Crippen LogP contribution < -0.4 is 0 Å². The van der Waals surface area contributed by atoms with Gasteiger partial charge in [-0.25, -0.2) is 9.48 Å². The normalized spacial score (nSPS) is 15.3. The smallest absolute Gasteiger partial charge is 0.358 e. The van der Waals surface area contributed by atoms with Crippen LogP contribution in [0.3, 0.4) is 0 Å². The lowest BCUT2D eigenvalue weighted by molar-refractivity contribution is 0.0496. The second-order valence-corrected chi connectivity index (χ2v) is 4.26. The number of carboxylic acids is 1. The summed E-state index contributed by atoms with van der Waals surface area (Å²) in [6.07, 6.45) is 4.21. The summed E-state index contributed by atoms with van der Waals surface area (Å²) < 4.78 is 6.33. The van der Waals surface area contributed by atoms with Crippen molar-refractivity contribution in [2.24, 2.45) is 0 Å². The minimum Gasteiger partial charge on any atom is -0.476 e. The van der Waals surface area contributed by atoms with Crippen LogP contribution in [-0.4, -0.2) is 50.0 Å². The van der Waals surface area contributed by atoms with Crippen LogP contribution in [-0.2, 0) is 0 Å². The first kappa shape index (κ1) is 11.5.